The van der Waals surface area contributed by atoms with Crippen molar-refractivity contribution in [3.63, 3.8) is 0 Å². The standard InChI is InChI=1S/C27H29N5O2S/c1-18-4-8-21(9-5-18)25-29-26(34-30-25)20(3)31-12-14-32(15-13-31)24(33)16-23-17-35-27(28-23)22-10-6-19(2)7-11-22/h4-11,17,20H,12-16H2,1-3H3. The van der Waals surface area contributed by atoms with Crippen LogP contribution in [-0.4, -0.2) is 57.0 Å². The van der Waals surface area contributed by atoms with Gasteiger partial charge in [-0.05, 0) is 20.8 Å². The van der Waals surface area contributed by atoms with E-state index in [1.807, 2.05) is 34.5 Å². The predicted octanol–water partition coefficient (Wildman–Crippen LogP) is 4.92. The molecule has 2 aromatic heterocycles. The minimum atomic E-state index is -0.00504. The van der Waals surface area contributed by atoms with Gasteiger partial charge in [-0.1, -0.05) is 64.8 Å². The molecular weight excluding hydrogens is 458 g/mol. The van der Waals surface area contributed by atoms with Crippen molar-refractivity contribution in [2.45, 2.75) is 33.2 Å². The first kappa shape index (κ1) is 23.4. The van der Waals surface area contributed by atoms with Crippen molar-refractivity contribution in [1.29, 1.82) is 0 Å². The van der Waals surface area contributed by atoms with Gasteiger partial charge in [-0.3, -0.25) is 9.69 Å². The molecule has 8 heteroatoms. The lowest BCUT2D eigenvalue weighted by atomic mass is 10.1. The monoisotopic (exact) mass is 487 g/mol. The zero-order chi connectivity index (χ0) is 24.4. The third-order valence-corrected chi connectivity index (χ3v) is 7.45. The number of amides is 1. The lowest BCUT2D eigenvalue weighted by molar-refractivity contribution is -0.132. The molecule has 1 aliphatic rings. The fraction of sp³-hybridized carbons (Fsp3) is 0.333. The van der Waals surface area contributed by atoms with Crippen molar-refractivity contribution in [2.24, 2.45) is 0 Å². The van der Waals surface area contributed by atoms with Crippen LogP contribution in [-0.2, 0) is 11.2 Å². The normalized spacial score (nSPS) is 15.3. The van der Waals surface area contributed by atoms with Crippen LogP contribution in [0.25, 0.3) is 22.0 Å². The Labute approximate surface area is 209 Å². The highest BCUT2D eigenvalue weighted by Crippen LogP contribution is 2.26. The maximum absolute atomic E-state index is 12.9. The first-order chi connectivity index (χ1) is 17.0. The maximum atomic E-state index is 12.9. The zero-order valence-electron chi connectivity index (χ0n) is 20.3. The van der Waals surface area contributed by atoms with Crippen LogP contribution in [0.3, 0.4) is 0 Å². The molecule has 1 amide bonds. The third kappa shape index (κ3) is 5.33. The molecule has 1 atom stereocenters. The SMILES string of the molecule is Cc1ccc(-c2noc(C(C)N3CCN(C(=O)Cc4csc(-c5ccc(C)cc5)n4)CC3)n2)cc1. The van der Waals surface area contributed by atoms with Crippen molar-refractivity contribution < 1.29 is 9.32 Å². The van der Waals surface area contributed by atoms with Gasteiger partial charge in [0, 0.05) is 42.7 Å². The van der Waals surface area contributed by atoms with Gasteiger partial charge < -0.3 is 9.42 Å². The molecule has 0 N–H and O–H groups in total. The van der Waals surface area contributed by atoms with E-state index in [-0.39, 0.29) is 11.9 Å². The number of benzene rings is 2. The van der Waals surface area contributed by atoms with E-state index in [9.17, 15) is 4.79 Å². The predicted molar refractivity (Wildman–Crippen MR) is 137 cm³/mol. The third-order valence-electron chi connectivity index (χ3n) is 6.51. The Balaban J connectivity index is 1.15. The van der Waals surface area contributed by atoms with Crippen molar-refractivity contribution in [3.8, 4) is 22.0 Å². The van der Waals surface area contributed by atoms with E-state index >= 15 is 0 Å². The van der Waals surface area contributed by atoms with Crippen LogP contribution < -0.4 is 0 Å². The lowest BCUT2D eigenvalue weighted by Crippen LogP contribution is -2.49. The summed E-state index contributed by atoms with van der Waals surface area (Å²) in [6.45, 7) is 9.08. The number of nitrogens with zero attached hydrogens (tertiary/aromatic N) is 5. The molecule has 0 aliphatic carbocycles. The highest BCUT2D eigenvalue weighted by Gasteiger charge is 2.28. The summed E-state index contributed by atoms with van der Waals surface area (Å²) in [5.41, 5.74) is 5.29. The molecule has 35 heavy (non-hydrogen) atoms. The topological polar surface area (TPSA) is 75.4 Å². The Bertz CT molecular complexity index is 1290. The molecule has 1 fully saturated rings. The van der Waals surface area contributed by atoms with Gasteiger partial charge in [0.15, 0.2) is 0 Å². The second kappa shape index (κ2) is 10.1. The largest absolute Gasteiger partial charge is 0.340 e. The van der Waals surface area contributed by atoms with Gasteiger partial charge in [0.25, 0.3) is 0 Å². The number of thiazole rings is 1. The summed E-state index contributed by atoms with van der Waals surface area (Å²) in [5, 5.41) is 7.11. The van der Waals surface area contributed by atoms with Crippen LogP contribution >= 0.6 is 11.3 Å². The number of carbonyl (C=O) groups is 1. The minimum Gasteiger partial charge on any atom is -0.340 e. The average molecular weight is 488 g/mol. The van der Waals surface area contributed by atoms with Gasteiger partial charge in [-0.2, -0.15) is 4.98 Å². The Morgan fingerprint density at radius 2 is 1.57 bits per heavy atom. The van der Waals surface area contributed by atoms with E-state index in [1.165, 1.54) is 11.1 Å². The van der Waals surface area contributed by atoms with E-state index in [1.54, 1.807) is 11.3 Å². The number of hydrogen-bond donors (Lipinski definition) is 0. The van der Waals surface area contributed by atoms with Crippen LogP contribution in [0.4, 0.5) is 0 Å². The Morgan fingerprint density at radius 1 is 0.943 bits per heavy atom. The summed E-state index contributed by atoms with van der Waals surface area (Å²) < 4.78 is 5.57. The molecule has 7 nitrogen and oxygen atoms in total. The summed E-state index contributed by atoms with van der Waals surface area (Å²) in [4.78, 5) is 26.4. The molecule has 180 valence electrons. The van der Waals surface area contributed by atoms with Crippen LogP contribution in [0.15, 0.2) is 58.4 Å². The highest BCUT2D eigenvalue weighted by atomic mass is 32.1. The Hall–Kier alpha value is -3.36. The molecular formula is C27H29N5O2S. The number of piperazine rings is 1. The molecule has 0 spiro atoms. The number of aromatic nitrogens is 3. The number of carbonyl (C=O) groups excluding carboxylic acids is 1. The molecule has 3 heterocycles. The molecule has 1 unspecified atom stereocenters. The highest BCUT2D eigenvalue weighted by molar-refractivity contribution is 7.13. The van der Waals surface area contributed by atoms with Crippen LogP contribution in [0.5, 0.6) is 0 Å². The Morgan fingerprint density at radius 3 is 2.23 bits per heavy atom. The zero-order valence-corrected chi connectivity index (χ0v) is 21.1. The van der Waals surface area contributed by atoms with E-state index in [0.29, 0.717) is 31.2 Å². The first-order valence-corrected chi connectivity index (χ1v) is 12.8. The van der Waals surface area contributed by atoms with E-state index in [2.05, 4.69) is 60.1 Å². The van der Waals surface area contributed by atoms with E-state index in [4.69, 9.17) is 9.51 Å². The lowest BCUT2D eigenvalue weighted by Gasteiger charge is -2.36. The van der Waals surface area contributed by atoms with E-state index in [0.717, 1.165) is 34.9 Å². The van der Waals surface area contributed by atoms with Gasteiger partial charge in [-0.25, -0.2) is 4.98 Å². The molecule has 0 radical (unpaired) electrons. The number of aryl methyl sites for hydroxylation is 2. The Kier molecular flexibility index (Phi) is 6.74. The number of rotatable bonds is 6. The summed E-state index contributed by atoms with van der Waals surface area (Å²) >= 11 is 1.59. The van der Waals surface area contributed by atoms with Crippen molar-refractivity contribution >= 4 is 17.2 Å². The maximum Gasteiger partial charge on any atom is 0.244 e. The van der Waals surface area contributed by atoms with Gasteiger partial charge >= 0.3 is 0 Å². The molecule has 1 aliphatic heterocycles. The molecule has 1 saturated heterocycles. The van der Waals surface area contributed by atoms with Crippen LogP contribution in [0, 0.1) is 13.8 Å². The summed E-state index contributed by atoms with van der Waals surface area (Å²) in [7, 11) is 0. The smallest absolute Gasteiger partial charge is 0.244 e. The minimum absolute atomic E-state index is 0.00504. The fourth-order valence-corrected chi connectivity index (χ4v) is 5.05. The van der Waals surface area contributed by atoms with Crippen molar-refractivity contribution in [1.82, 2.24) is 24.9 Å². The molecule has 2 aromatic carbocycles. The van der Waals surface area contributed by atoms with Crippen LogP contribution in [0.1, 0.15) is 35.7 Å². The second-order valence-electron chi connectivity index (χ2n) is 9.10. The average Bonchev–Trinajstić information content (AvgIpc) is 3.55. The van der Waals surface area contributed by atoms with E-state index < -0.39 is 0 Å². The fourth-order valence-electron chi connectivity index (χ4n) is 4.22. The van der Waals surface area contributed by atoms with Crippen molar-refractivity contribution in [2.75, 3.05) is 26.2 Å². The molecule has 5 rings (SSSR count). The second-order valence-corrected chi connectivity index (χ2v) is 9.96. The molecule has 4 aromatic rings. The molecule has 0 saturated carbocycles. The summed E-state index contributed by atoms with van der Waals surface area (Å²) in [6.07, 6.45) is 0.335. The van der Waals surface area contributed by atoms with Crippen LogP contribution in [0.2, 0.25) is 0 Å². The van der Waals surface area contributed by atoms with Gasteiger partial charge in [0.05, 0.1) is 18.2 Å². The molecule has 0 bridgehead atoms. The van der Waals surface area contributed by atoms with Gasteiger partial charge in [0.2, 0.25) is 17.6 Å². The summed E-state index contributed by atoms with van der Waals surface area (Å²) in [6, 6.07) is 16.4. The quantitative estimate of drug-likeness (QED) is 0.384. The first-order valence-electron chi connectivity index (χ1n) is 11.9. The van der Waals surface area contributed by atoms with Crippen molar-refractivity contribution in [3.05, 3.63) is 76.6 Å². The van der Waals surface area contributed by atoms with Gasteiger partial charge in [-0.15, -0.1) is 11.3 Å². The summed E-state index contributed by atoms with van der Waals surface area (Å²) in [5.74, 6) is 1.33. The van der Waals surface area contributed by atoms with Gasteiger partial charge in [0.1, 0.15) is 5.01 Å². The number of hydrogen-bond acceptors (Lipinski definition) is 7.